The van der Waals surface area contributed by atoms with Crippen LogP contribution >= 0.6 is 0 Å². The van der Waals surface area contributed by atoms with Crippen molar-refractivity contribution in [2.45, 2.75) is 12.8 Å². The van der Waals surface area contributed by atoms with Gasteiger partial charge in [0.25, 0.3) is 0 Å². The van der Waals surface area contributed by atoms with Crippen LogP contribution in [-0.4, -0.2) is 38.4 Å². The minimum absolute atomic E-state index is 0.339. The topological polar surface area (TPSA) is 33.7 Å². The van der Waals surface area contributed by atoms with Gasteiger partial charge in [-0.25, -0.2) is 0 Å². The monoisotopic (exact) mass is 248 g/mol. The molecule has 0 radical (unpaired) electrons. The van der Waals surface area contributed by atoms with Gasteiger partial charge < -0.3 is 19.7 Å². The van der Waals surface area contributed by atoms with Crippen molar-refractivity contribution in [3.63, 3.8) is 0 Å². The number of likely N-dealkylation sites (tertiary alicyclic amines) is 1. The van der Waals surface area contributed by atoms with Gasteiger partial charge in [0.05, 0.1) is 0 Å². The normalized spacial score (nSPS) is 23.1. The van der Waals surface area contributed by atoms with Gasteiger partial charge in [-0.05, 0) is 44.5 Å². The third-order valence-corrected chi connectivity index (χ3v) is 3.69. The molecule has 18 heavy (non-hydrogen) atoms. The molecule has 2 heterocycles. The van der Waals surface area contributed by atoms with Crippen LogP contribution < -0.4 is 14.8 Å². The first-order chi connectivity index (χ1) is 8.81. The first-order valence-electron chi connectivity index (χ1n) is 6.63. The van der Waals surface area contributed by atoms with Crippen LogP contribution in [-0.2, 0) is 0 Å². The summed E-state index contributed by atoms with van der Waals surface area (Å²) in [5, 5.41) is 3.50. The third kappa shape index (κ3) is 2.53. The molecule has 4 heteroatoms. The van der Waals surface area contributed by atoms with Gasteiger partial charge in [-0.2, -0.15) is 0 Å². The van der Waals surface area contributed by atoms with Gasteiger partial charge >= 0.3 is 0 Å². The summed E-state index contributed by atoms with van der Waals surface area (Å²) in [6.45, 7) is 3.80. The molecule has 0 amide bonds. The Balaban J connectivity index is 1.56. The Labute approximate surface area is 108 Å². The molecule has 1 aromatic carbocycles. The Hall–Kier alpha value is -1.42. The lowest BCUT2D eigenvalue weighted by atomic mass is 9.98. The molecule has 0 aromatic heterocycles. The Morgan fingerprint density at radius 3 is 3.11 bits per heavy atom. The fourth-order valence-corrected chi connectivity index (χ4v) is 2.71. The van der Waals surface area contributed by atoms with Gasteiger partial charge in [0.1, 0.15) is 0 Å². The largest absolute Gasteiger partial charge is 0.454 e. The maximum atomic E-state index is 5.38. The maximum Gasteiger partial charge on any atom is 0.231 e. The van der Waals surface area contributed by atoms with E-state index < -0.39 is 0 Å². The predicted octanol–water partition coefficient (Wildman–Crippen LogP) is 2.17. The summed E-state index contributed by atoms with van der Waals surface area (Å²) in [7, 11) is 2.20. The molecular weight excluding hydrogens is 228 g/mol. The Morgan fingerprint density at radius 1 is 1.33 bits per heavy atom. The number of hydrogen-bond donors (Lipinski definition) is 1. The predicted molar refractivity (Wildman–Crippen MR) is 71.3 cm³/mol. The first kappa shape index (κ1) is 11.7. The lowest BCUT2D eigenvalue weighted by molar-refractivity contribution is 0.174. The highest BCUT2D eigenvalue weighted by Gasteiger charge is 2.17. The van der Waals surface area contributed by atoms with Crippen molar-refractivity contribution >= 4 is 5.69 Å². The van der Waals surface area contributed by atoms with Crippen LogP contribution in [0.4, 0.5) is 5.69 Å². The number of nitrogens with zero attached hydrogens (tertiary/aromatic N) is 1. The minimum Gasteiger partial charge on any atom is -0.454 e. The molecule has 1 N–H and O–H groups in total. The molecule has 3 rings (SSSR count). The quantitative estimate of drug-likeness (QED) is 0.889. The van der Waals surface area contributed by atoms with E-state index in [4.69, 9.17) is 9.47 Å². The molecule has 0 saturated carbocycles. The van der Waals surface area contributed by atoms with Crippen molar-refractivity contribution in [2.75, 3.05) is 38.8 Å². The van der Waals surface area contributed by atoms with E-state index in [2.05, 4.69) is 23.3 Å². The van der Waals surface area contributed by atoms with E-state index in [-0.39, 0.29) is 0 Å². The molecule has 98 valence electrons. The van der Waals surface area contributed by atoms with Crippen molar-refractivity contribution in [1.29, 1.82) is 0 Å². The van der Waals surface area contributed by atoms with E-state index in [1.165, 1.54) is 25.9 Å². The fourth-order valence-electron chi connectivity index (χ4n) is 2.71. The van der Waals surface area contributed by atoms with E-state index in [0.717, 1.165) is 29.6 Å². The van der Waals surface area contributed by atoms with E-state index in [1.54, 1.807) is 0 Å². The second-order valence-corrected chi connectivity index (χ2v) is 5.22. The highest BCUT2D eigenvalue weighted by atomic mass is 16.7. The average Bonchev–Trinajstić information content (AvgIpc) is 2.84. The summed E-state index contributed by atoms with van der Waals surface area (Å²) in [5.74, 6) is 2.44. The number of nitrogens with one attached hydrogen (secondary N) is 1. The second-order valence-electron chi connectivity index (χ2n) is 5.22. The third-order valence-electron chi connectivity index (χ3n) is 3.69. The number of anilines is 1. The lowest BCUT2D eigenvalue weighted by Crippen LogP contribution is -2.35. The van der Waals surface area contributed by atoms with E-state index in [0.29, 0.717) is 6.79 Å². The molecule has 0 aliphatic carbocycles. The van der Waals surface area contributed by atoms with Gasteiger partial charge in [-0.15, -0.1) is 0 Å². The summed E-state index contributed by atoms with van der Waals surface area (Å²) in [6.07, 6.45) is 2.63. The van der Waals surface area contributed by atoms with Crippen LogP contribution in [0.1, 0.15) is 12.8 Å². The molecule has 4 nitrogen and oxygen atoms in total. The van der Waals surface area contributed by atoms with Crippen LogP contribution in [0.15, 0.2) is 18.2 Å². The van der Waals surface area contributed by atoms with Crippen LogP contribution in [0.3, 0.4) is 0 Å². The fraction of sp³-hybridized carbons (Fsp3) is 0.571. The molecule has 2 aliphatic heterocycles. The zero-order chi connectivity index (χ0) is 12.4. The number of benzene rings is 1. The van der Waals surface area contributed by atoms with Crippen LogP contribution in [0.25, 0.3) is 0 Å². The summed E-state index contributed by atoms with van der Waals surface area (Å²) >= 11 is 0. The van der Waals surface area contributed by atoms with Crippen molar-refractivity contribution in [2.24, 2.45) is 5.92 Å². The molecule has 1 saturated heterocycles. The Bertz CT molecular complexity index is 422. The van der Waals surface area contributed by atoms with Crippen molar-refractivity contribution < 1.29 is 9.47 Å². The zero-order valence-corrected chi connectivity index (χ0v) is 10.8. The second kappa shape index (κ2) is 5.06. The van der Waals surface area contributed by atoms with Crippen molar-refractivity contribution in [3.8, 4) is 11.5 Å². The highest BCUT2D eigenvalue weighted by molar-refractivity contribution is 5.55. The molecule has 1 unspecified atom stereocenters. The smallest absolute Gasteiger partial charge is 0.231 e. The van der Waals surface area contributed by atoms with E-state index in [1.807, 2.05) is 12.1 Å². The molecule has 1 atom stereocenters. The van der Waals surface area contributed by atoms with Crippen molar-refractivity contribution in [3.05, 3.63) is 18.2 Å². The molecular formula is C14H20N2O2. The SMILES string of the molecule is CN1CCCC(CNc2ccc3c(c2)OCO3)C1. The summed E-state index contributed by atoms with van der Waals surface area (Å²) in [6, 6.07) is 6.05. The van der Waals surface area contributed by atoms with Gasteiger partial charge in [0, 0.05) is 24.8 Å². The van der Waals surface area contributed by atoms with Crippen LogP contribution in [0.2, 0.25) is 0 Å². The van der Waals surface area contributed by atoms with Gasteiger partial charge in [-0.1, -0.05) is 0 Å². The average molecular weight is 248 g/mol. The number of hydrogen-bond acceptors (Lipinski definition) is 4. The van der Waals surface area contributed by atoms with Crippen LogP contribution in [0, 0.1) is 5.92 Å². The zero-order valence-electron chi connectivity index (χ0n) is 10.8. The highest BCUT2D eigenvalue weighted by Crippen LogP contribution is 2.34. The molecule has 2 aliphatic rings. The van der Waals surface area contributed by atoms with E-state index in [9.17, 15) is 0 Å². The van der Waals surface area contributed by atoms with Gasteiger partial charge in [0.15, 0.2) is 11.5 Å². The van der Waals surface area contributed by atoms with Crippen molar-refractivity contribution in [1.82, 2.24) is 4.90 Å². The number of ether oxygens (including phenoxy) is 2. The molecule has 1 fully saturated rings. The number of rotatable bonds is 3. The molecule has 0 bridgehead atoms. The lowest BCUT2D eigenvalue weighted by Gasteiger charge is -2.29. The molecule has 1 aromatic rings. The first-order valence-corrected chi connectivity index (χ1v) is 6.63. The number of fused-ring (bicyclic) bond motifs is 1. The van der Waals surface area contributed by atoms with Gasteiger partial charge in [-0.3, -0.25) is 0 Å². The summed E-state index contributed by atoms with van der Waals surface area (Å²) in [5.41, 5.74) is 1.12. The molecule has 0 spiro atoms. The van der Waals surface area contributed by atoms with E-state index >= 15 is 0 Å². The Morgan fingerprint density at radius 2 is 2.22 bits per heavy atom. The number of piperidine rings is 1. The van der Waals surface area contributed by atoms with Crippen LogP contribution in [0.5, 0.6) is 11.5 Å². The standard InChI is InChI=1S/C14H20N2O2/c1-16-6-2-3-11(9-16)8-15-12-4-5-13-14(7-12)18-10-17-13/h4-5,7,11,15H,2-3,6,8-10H2,1H3. The summed E-state index contributed by atoms with van der Waals surface area (Å²) in [4.78, 5) is 2.41. The minimum atomic E-state index is 0.339. The Kier molecular flexibility index (Phi) is 3.28. The summed E-state index contributed by atoms with van der Waals surface area (Å²) < 4.78 is 10.7. The van der Waals surface area contributed by atoms with Gasteiger partial charge in [0.2, 0.25) is 6.79 Å². The maximum absolute atomic E-state index is 5.38.